The molecule has 2 aromatic carbocycles. The number of hydrogen-bond donors (Lipinski definition) is 0. The molecule has 0 saturated heterocycles. The number of halogens is 9. The van der Waals surface area contributed by atoms with E-state index in [0.29, 0.717) is 17.7 Å². The van der Waals surface area contributed by atoms with Gasteiger partial charge in [0.15, 0.2) is 0 Å². The highest BCUT2D eigenvalue weighted by atomic mass is 19.4. The van der Waals surface area contributed by atoms with Crippen molar-refractivity contribution in [3.05, 3.63) is 69.8 Å². The minimum atomic E-state index is -5.08. The molecule has 0 N–H and O–H groups in total. The summed E-state index contributed by atoms with van der Waals surface area (Å²) in [5.41, 5.74) is -3.84. The van der Waals surface area contributed by atoms with E-state index in [9.17, 15) is 39.5 Å². The Balaban J connectivity index is 1.81. The number of aryl methyl sites for hydroxylation is 1. The number of rotatable bonds is 8. The first-order valence-electron chi connectivity index (χ1n) is 13.1. The van der Waals surface area contributed by atoms with Crippen LogP contribution in [0.1, 0.15) is 71.6 Å². The Labute approximate surface area is 235 Å². The summed E-state index contributed by atoms with van der Waals surface area (Å²) in [6.45, 7) is -0.968. The van der Waals surface area contributed by atoms with Gasteiger partial charge in [-0.05, 0) is 71.0 Å². The predicted octanol–water partition coefficient (Wildman–Crippen LogP) is 7.74. The SMILES string of the molecule is CO[C@@H](c1ccc(C(F)(F)F)cc1CN(Cc1cc(C(F)(F)F)cc(C(F)(F)F)c1)c1nnn(C)n1)C1CCCCC1. The average Bonchev–Trinajstić information content (AvgIpc) is 3.34. The molecule has 1 aliphatic carbocycles. The predicted molar refractivity (Wildman–Crippen MR) is 133 cm³/mol. The maximum absolute atomic E-state index is 13.8. The van der Waals surface area contributed by atoms with Crippen LogP contribution < -0.4 is 4.90 Å². The molecule has 1 saturated carbocycles. The largest absolute Gasteiger partial charge is 0.416 e. The van der Waals surface area contributed by atoms with Crippen molar-refractivity contribution in [2.75, 3.05) is 12.0 Å². The van der Waals surface area contributed by atoms with Gasteiger partial charge < -0.3 is 9.64 Å². The second-order valence-corrected chi connectivity index (χ2v) is 10.3. The lowest BCUT2D eigenvalue weighted by atomic mass is 9.81. The zero-order chi connectivity index (χ0) is 30.9. The monoisotopic (exact) mass is 609 g/mol. The number of nitrogens with zero attached hydrogens (tertiary/aromatic N) is 5. The Kier molecular flexibility index (Phi) is 9.09. The summed E-state index contributed by atoms with van der Waals surface area (Å²) >= 11 is 0. The Hall–Kier alpha value is -3.36. The lowest BCUT2D eigenvalue weighted by Gasteiger charge is -2.32. The molecule has 1 atom stereocenters. The number of hydrogen-bond acceptors (Lipinski definition) is 5. The molecule has 0 bridgehead atoms. The molecule has 230 valence electrons. The molecule has 1 aromatic heterocycles. The zero-order valence-corrected chi connectivity index (χ0v) is 22.6. The van der Waals surface area contributed by atoms with Crippen LogP contribution in [0.3, 0.4) is 0 Å². The average molecular weight is 610 g/mol. The Morgan fingerprint density at radius 2 is 1.43 bits per heavy atom. The third-order valence-corrected chi connectivity index (χ3v) is 7.27. The normalized spacial score (nSPS) is 16.1. The topological polar surface area (TPSA) is 56.1 Å². The first kappa shape index (κ1) is 31.6. The van der Waals surface area contributed by atoms with Crippen molar-refractivity contribution in [3.8, 4) is 0 Å². The van der Waals surface area contributed by atoms with Gasteiger partial charge in [-0.2, -0.15) is 44.3 Å². The van der Waals surface area contributed by atoms with Gasteiger partial charge in [0.25, 0.3) is 5.95 Å². The van der Waals surface area contributed by atoms with Gasteiger partial charge in [-0.3, -0.25) is 0 Å². The molecular weight excluding hydrogens is 581 g/mol. The molecule has 1 fully saturated rings. The van der Waals surface area contributed by atoms with Crippen molar-refractivity contribution in [1.29, 1.82) is 0 Å². The number of benzene rings is 2. The summed E-state index contributed by atoms with van der Waals surface area (Å²) in [6.07, 6.45) is -11.0. The van der Waals surface area contributed by atoms with Crippen LogP contribution in [0.25, 0.3) is 0 Å². The van der Waals surface area contributed by atoms with Crippen molar-refractivity contribution in [2.24, 2.45) is 13.0 Å². The van der Waals surface area contributed by atoms with Crippen molar-refractivity contribution in [2.45, 2.75) is 69.8 Å². The van der Waals surface area contributed by atoms with Crippen molar-refractivity contribution in [1.82, 2.24) is 20.2 Å². The number of methoxy groups -OCH3 is 1. The fourth-order valence-corrected chi connectivity index (χ4v) is 5.34. The molecule has 4 rings (SSSR count). The number of anilines is 1. The van der Waals surface area contributed by atoms with Gasteiger partial charge >= 0.3 is 18.5 Å². The first-order valence-corrected chi connectivity index (χ1v) is 13.1. The molecule has 0 aliphatic heterocycles. The molecule has 15 heteroatoms. The van der Waals surface area contributed by atoms with Crippen molar-refractivity contribution < 1.29 is 44.3 Å². The second-order valence-electron chi connectivity index (χ2n) is 10.3. The van der Waals surface area contributed by atoms with E-state index in [1.54, 1.807) is 0 Å². The minimum Gasteiger partial charge on any atom is -0.376 e. The molecule has 42 heavy (non-hydrogen) atoms. The van der Waals surface area contributed by atoms with Gasteiger partial charge in [0.05, 0.1) is 29.8 Å². The summed E-state index contributed by atoms with van der Waals surface area (Å²) in [4.78, 5) is 2.21. The smallest absolute Gasteiger partial charge is 0.376 e. The highest BCUT2D eigenvalue weighted by Crippen LogP contribution is 2.41. The summed E-state index contributed by atoms with van der Waals surface area (Å²) in [6, 6.07) is 4.29. The summed E-state index contributed by atoms with van der Waals surface area (Å²) in [5, 5.41) is 11.5. The number of aromatic nitrogens is 4. The van der Waals surface area contributed by atoms with Crippen LogP contribution in [-0.2, 0) is 43.4 Å². The Morgan fingerprint density at radius 3 is 1.93 bits per heavy atom. The molecular formula is C27H28F9N5O. The van der Waals surface area contributed by atoms with Crippen molar-refractivity contribution in [3.63, 3.8) is 0 Å². The molecule has 0 unspecified atom stereocenters. The van der Waals surface area contributed by atoms with Crippen molar-refractivity contribution >= 4 is 5.95 Å². The van der Waals surface area contributed by atoms with E-state index in [4.69, 9.17) is 4.74 Å². The van der Waals surface area contributed by atoms with E-state index in [1.807, 2.05) is 0 Å². The summed E-state index contributed by atoms with van der Waals surface area (Å²) in [7, 11) is 2.84. The van der Waals surface area contributed by atoms with E-state index in [2.05, 4.69) is 15.4 Å². The molecule has 0 amide bonds. The standard InChI is InChI=1S/C27H28F9N5O/c1-40-38-24(37-39-40)41(14-16-10-20(26(31,32)33)13-21(11-16)27(34,35)36)15-18-12-19(25(28,29)30)8-9-22(18)23(42-2)17-6-4-3-5-7-17/h8-13,17,23H,3-7,14-15H2,1-2H3/t23-/m1/s1. The third-order valence-electron chi connectivity index (χ3n) is 7.27. The Bertz CT molecular complexity index is 1330. The molecule has 6 nitrogen and oxygen atoms in total. The lowest BCUT2D eigenvalue weighted by Crippen LogP contribution is -2.27. The van der Waals surface area contributed by atoms with E-state index in [0.717, 1.165) is 49.0 Å². The summed E-state index contributed by atoms with van der Waals surface area (Å²) < 4.78 is 128. The number of ether oxygens (including phenoxy) is 1. The van der Waals surface area contributed by atoms with E-state index < -0.39 is 53.4 Å². The maximum Gasteiger partial charge on any atom is 0.416 e. The van der Waals surface area contributed by atoms with E-state index in [1.165, 1.54) is 25.1 Å². The number of tetrazole rings is 1. The highest BCUT2D eigenvalue weighted by molar-refractivity contribution is 5.42. The fraction of sp³-hybridized carbons (Fsp3) is 0.519. The fourth-order valence-electron chi connectivity index (χ4n) is 5.34. The van der Waals surface area contributed by atoms with Gasteiger partial charge in [0.1, 0.15) is 0 Å². The van der Waals surface area contributed by atoms with Gasteiger partial charge in [-0.1, -0.05) is 30.4 Å². The third kappa shape index (κ3) is 7.53. The van der Waals surface area contributed by atoms with Gasteiger partial charge in [-0.25, -0.2) is 0 Å². The van der Waals surface area contributed by atoms with Crippen LogP contribution in [0.15, 0.2) is 36.4 Å². The van der Waals surface area contributed by atoms with Crippen LogP contribution >= 0.6 is 0 Å². The molecule has 0 spiro atoms. The highest BCUT2D eigenvalue weighted by Gasteiger charge is 2.38. The second kappa shape index (κ2) is 12.1. The van der Waals surface area contributed by atoms with Crippen LogP contribution in [0.4, 0.5) is 45.5 Å². The number of alkyl halides is 9. The minimum absolute atomic E-state index is 0.00663. The van der Waals surface area contributed by atoms with Crippen LogP contribution in [-0.4, -0.2) is 27.3 Å². The van der Waals surface area contributed by atoms with Gasteiger partial charge in [0.2, 0.25) is 0 Å². The van der Waals surface area contributed by atoms with Gasteiger partial charge in [-0.15, -0.1) is 5.10 Å². The van der Waals surface area contributed by atoms with E-state index >= 15 is 0 Å². The first-order chi connectivity index (χ1) is 19.6. The zero-order valence-electron chi connectivity index (χ0n) is 22.6. The van der Waals surface area contributed by atoms with Crippen LogP contribution in [0.2, 0.25) is 0 Å². The quantitative estimate of drug-likeness (QED) is 0.245. The molecule has 0 radical (unpaired) electrons. The van der Waals surface area contributed by atoms with Crippen LogP contribution in [0, 0.1) is 5.92 Å². The molecule has 1 aliphatic rings. The molecule has 3 aromatic rings. The van der Waals surface area contributed by atoms with E-state index in [-0.39, 0.29) is 30.0 Å². The van der Waals surface area contributed by atoms with Crippen LogP contribution in [0.5, 0.6) is 0 Å². The van der Waals surface area contributed by atoms with Gasteiger partial charge in [0, 0.05) is 20.2 Å². The summed E-state index contributed by atoms with van der Waals surface area (Å²) in [5.74, 6) is -0.182. The molecule has 1 heterocycles. The maximum atomic E-state index is 13.8. The lowest BCUT2D eigenvalue weighted by molar-refractivity contribution is -0.143. The Morgan fingerprint density at radius 1 is 0.833 bits per heavy atom.